The lowest BCUT2D eigenvalue weighted by atomic mass is 9.83. The zero-order valence-corrected chi connectivity index (χ0v) is 19.7. The molecule has 0 fully saturated rings. The fourth-order valence-electron chi connectivity index (χ4n) is 4.55. The van der Waals surface area contributed by atoms with Gasteiger partial charge in [-0.1, -0.05) is 17.7 Å². The van der Waals surface area contributed by atoms with E-state index in [0.29, 0.717) is 10.7 Å². The molecule has 32 heavy (non-hydrogen) atoms. The van der Waals surface area contributed by atoms with Crippen molar-refractivity contribution in [2.75, 3.05) is 5.88 Å². The van der Waals surface area contributed by atoms with E-state index in [2.05, 4.69) is 4.98 Å². The third-order valence-electron chi connectivity index (χ3n) is 5.88. The van der Waals surface area contributed by atoms with E-state index in [9.17, 15) is 9.90 Å². The lowest BCUT2D eigenvalue weighted by Crippen LogP contribution is -2.52. The summed E-state index contributed by atoms with van der Waals surface area (Å²) in [5.41, 5.74) is 4.60. The highest BCUT2D eigenvalue weighted by atomic mass is 35.5. The summed E-state index contributed by atoms with van der Waals surface area (Å²) < 4.78 is 1.90. The molecule has 0 spiro atoms. The minimum Gasteiger partial charge on any atom is -0.465 e. The Hall–Kier alpha value is -2.61. The van der Waals surface area contributed by atoms with Crippen molar-refractivity contribution in [3.63, 3.8) is 0 Å². The molecule has 3 aromatic rings. The number of pyridine rings is 1. The summed E-state index contributed by atoms with van der Waals surface area (Å²) in [5, 5.41) is 15.7. The van der Waals surface area contributed by atoms with Crippen molar-refractivity contribution in [2.24, 2.45) is 0 Å². The second-order valence-corrected chi connectivity index (χ2v) is 8.95. The largest absolute Gasteiger partial charge is 0.465 e. The molecular weight excluding hydrogens is 451 g/mol. The third kappa shape index (κ3) is 3.85. The number of benzene rings is 1. The molecule has 0 saturated carbocycles. The zero-order valence-electron chi connectivity index (χ0n) is 18.1. The van der Waals surface area contributed by atoms with Gasteiger partial charge in [0.15, 0.2) is 0 Å². The van der Waals surface area contributed by atoms with Crippen LogP contribution in [0.2, 0.25) is 5.02 Å². The first-order chi connectivity index (χ1) is 14.8. The van der Waals surface area contributed by atoms with Crippen LogP contribution < -0.4 is 0 Å². The SMILES string of the molecule is CC(C)N(C(=O)O)C(C)(CCl)c1nn(-c2ccncc2)c2c1-c1ccc(Cl)cc1CC2.O. The van der Waals surface area contributed by atoms with Crippen LogP contribution in [0.5, 0.6) is 0 Å². The highest BCUT2D eigenvalue weighted by molar-refractivity contribution is 6.30. The maximum absolute atomic E-state index is 12.3. The summed E-state index contributed by atoms with van der Waals surface area (Å²) in [6, 6.07) is 9.33. The number of halogens is 2. The summed E-state index contributed by atoms with van der Waals surface area (Å²) in [5.74, 6) is 0.0696. The number of aromatic nitrogens is 3. The van der Waals surface area contributed by atoms with Crippen molar-refractivity contribution in [3.8, 4) is 16.8 Å². The average molecular weight is 477 g/mol. The maximum atomic E-state index is 12.3. The molecule has 1 aromatic carbocycles. The van der Waals surface area contributed by atoms with E-state index in [1.807, 2.05) is 55.8 Å². The van der Waals surface area contributed by atoms with Crippen molar-refractivity contribution in [3.05, 3.63) is 64.7 Å². The van der Waals surface area contributed by atoms with Crippen molar-refractivity contribution in [2.45, 2.75) is 45.2 Å². The number of amides is 1. The minimum atomic E-state index is -1.03. The summed E-state index contributed by atoms with van der Waals surface area (Å²) in [6.45, 7) is 5.54. The molecule has 9 heteroatoms. The smallest absolute Gasteiger partial charge is 0.408 e. The summed E-state index contributed by atoms with van der Waals surface area (Å²) in [4.78, 5) is 17.8. The first-order valence-electron chi connectivity index (χ1n) is 10.2. The Labute approximate surface area is 196 Å². The lowest BCUT2D eigenvalue weighted by molar-refractivity contribution is 0.0704. The molecule has 3 N–H and O–H groups in total. The average Bonchev–Trinajstić information content (AvgIpc) is 3.14. The summed E-state index contributed by atoms with van der Waals surface area (Å²) >= 11 is 12.8. The fraction of sp³-hybridized carbons (Fsp3) is 0.348. The molecule has 7 nitrogen and oxygen atoms in total. The molecule has 0 radical (unpaired) electrons. The van der Waals surface area contributed by atoms with E-state index in [0.717, 1.165) is 40.9 Å². The molecule has 1 aliphatic rings. The van der Waals surface area contributed by atoms with Gasteiger partial charge in [0.05, 0.1) is 23.0 Å². The van der Waals surface area contributed by atoms with Crippen LogP contribution in [0.4, 0.5) is 4.79 Å². The summed E-state index contributed by atoms with van der Waals surface area (Å²) in [7, 11) is 0. The monoisotopic (exact) mass is 476 g/mol. The van der Waals surface area contributed by atoms with Crippen molar-refractivity contribution in [1.29, 1.82) is 0 Å². The van der Waals surface area contributed by atoms with Crippen molar-refractivity contribution in [1.82, 2.24) is 19.7 Å². The Balaban J connectivity index is 0.00000289. The molecule has 1 unspecified atom stereocenters. The molecule has 2 aromatic heterocycles. The van der Waals surface area contributed by atoms with Gasteiger partial charge in [-0.15, -0.1) is 11.6 Å². The number of carbonyl (C=O) groups is 1. The highest BCUT2D eigenvalue weighted by Crippen LogP contribution is 2.44. The van der Waals surface area contributed by atoms with Gasteiger partial charge in [0.25, 0.3) is 0 Å². The van der Waals surface area contributed by atoms with Gasteiger partial charge in [0, 0.05) is 29.0 Å². The minimum absolute atomic E-state index is 0. The van der Waals surface area contributed by atoms with E-state index in [1.54, 1.807) is 12.4 Å². The van der Waals surface area contributed by atoms with Crippen LogP contribution in [0, 0.1) is 0 Å². The number of fused-ring (bicyclic) bond motifs is 3. The Morgan fingerprint density at radius 3 is 2.53 bits per heavy atom. The topological polar surface area (TPSA) is 103 Å². The van der Waals surface area contributed by atoms with Crippen LogP contribution in [-0.4, -0.2) is 48.3 Å². The molecule has 4 rings (SSSR count). The van der Waals surface area contributed by atoms with E-state index >= 15 is 0 Å². The number of hydrogen-bond acceptors (Lipinski definition) is 3. The van der Waals surface area contributed by atoms with Gasteiger partial charge in [-0.2, -0.15) is 5.10 Å². The maximum Gasteiger partial charge on any atom is 0.408 e. The second-order valence-electron chi connectivity index (χ2n) is 8.24. The van der Waals surface area contributed by atoms with E-state index in [-0.39, 0.29) is 17.4 Å². The Bertz CT molecular complexity index is 1130. The van der Waals surface area contributed by atoms with Gasteiger partial charge in [-0.25, -0.2) is 9.48 Å². The van der Waals surface area contributed by atoms with Crippen LogP contribution in [0.3, 0.4) is 0 Å². The third-order valence-corrected chi connectivity index (χ3v) is 6.64. The van der Waals surface area contributed by atoms with Crippen molar-refractivity contribution >= 4 is 29.3 Å². The lowest BCUT2D eigenvalue weighted by Gasteiger charge is -2.40. The number of alkyl halides is 1. The Kier molecular flexibility index (Phi) is 6.83. The predicted molar refractivity (Wildman–Crippen MR) is 126 cm³/mol. The Morgan fingerprint density at radius 2 is 1.94 bits per heavy atom. The second kappa shape index (κ2) is 9.10. The molecule has 170 valence electrons. The van der Waals surface area contributed by atoms with E-state index in [4.69, 9.17) is 28.3 Å². The molecule has 0 aliphatic heterocycles. The molecular formula is C23H26Cl2N4O3. The first kappa shape index (κ1) is 24.0. The first-order valence-corrected chi connectivity index (χ1v) is 11.1. The fourth-order valence-corrected chi connectivity index (χ4v) is 5.00. The number of nitrogens with zero attached hydrogens (tertiary/aromatic N) is 4. The van der Waals surface area contributed by atoms with Crippen molar-refractivity contribution < 1.29 is 15.4 Å². The Morgan fingerprint density at radius 1 is 1.25 bits per heavy atom. The molecule has 1 amide bonds. The van der Waals surface area contributed by atoms with Crippen LogP contribution in [-0.2, 0) is 18.4 Å². The van der Waals surface area contributed by atoms with Crippen LogP contribution in [0.1, 0.15) is 37.7 Å². The summed E-state index contributed by atoms with van der Waals surface area (Å²) in [6.07, 6.45) is 3.99. The van der Waals surface area contributed by atoms with Gasteiger partial charge in [-0.05, 0) is 69.0 Å². The number of hydrogen-bond donors (Lipinski definition) is 1. The normalized spacial score (nSPS) is 14.2. The predicted octanol–water partition coefficient (Wildman–Crippen LogP) is 4.70. The van der Waals surface area contributed by atoms with Gasteiger partial charge in [0.2, 0.25) is 0 Å². The van der Waals surface area contributed by atoms with Gasteiger partial charge >= 0.3 is 6.09 Å². The zero-order chi connectivity index (χ0) is 22.3. The molecule has 0 saturated heterocycles. The molecule has 2 heterocycles. The van der Waals surface area contributed by atoms with E-state index in [1.165, 1.54) is 4.90 Å². The van der Waals surface area contributed by atoms with Gasteiger partial charge < -0.3 is 10.6 Å². The van der Waals surface area contributed by atoms with Crippen LogP contribution in [0.25, 0.3) is 16.8 Å². The standard InChI is InChI=1S/C23H24Cl2N4O2.H2O/c1-14(2)28(22(30)31)23(3,13-24)21-20-18-6-5-16(25)12-15(18)4-7-19(20)29(27-21)17-8-10-26-11-9-17;/h5-6,8-12,14H,4,7,13H2,1-3H3,(H,30,31);1H2. The van der Waals surface area contributed by atoms with Crippen LogP contribution in [0.15, 0.2) is 42.7 Å². The van der Waals surface area contributed by atoms with Gasteiger partial charge in [0.1, 0.15) is 5.54 Å². The molecule has 0 bridgehead atoms. The van der Waals surface area contributed by atoms with E-state index < -0.39 is 11.6 Å². The van der Waals surface area contributed by atoms with Gasteiger partial charge in [-0.3, -0.25) is 9.88 Å². The number of rotatable bonds is 5. The highest BCUT2D eigenvalue weighted by Gasteiger charge is 2.44. The number of carboxylic acid groups (broad SMARTS) is 1. The molecule has 1 atom stereocenters. The number of aryl methyl sites for hydroxylation is 1. The quantitative estimate of drug-likeness (QED) is 0.538. The molecule has 1 aliphatic carbocycles. The van der Waals surface area contributed by atoms with Crippen LogP contribution >= 0.6 is 23.2 Å².